The van der Waals surface area contributed by atoms with Crippen LogP contribution in [-0.4, -0.2) is 23.0 Å². The summed E-state index contributed by atoms with van der Waals surface area (Å²) in [7, 11) is 0. The van der Waals surface area contributed by atoms with Crippen molar-refractivity contribution in [1.29, 1.82) is 0 Å². The summed E-state index contributed by atoms with van der Waals surface area (Å²) in [4.78, 5) is 12.0. The van der Waals surface area contributed by atoms with Crippen LogP contribution in [0.4, 0.5) is 0 Å². The molecule has 0 spiro atoms. The van der Waals surface area contributed by atoms with Crippen LogP contribution in [-0.2, 0) is 0 Å². The van der Waals surface area contributed by atoms with Crippen molar-refractivity contribution >= 4 is 45.4 Å². The van der Waals surface area contributed by atoms with E-state index in [4.69, 9.17) is 16.8 Å². The van der Waals surface area contributed by atoms with E-state index in [9.17, 15) is 4.79 Å². The molecule has 2 aromatic rings. The molecule has 0 aliphatic carbocycles. The van der Waals surface area contributed by atoms with Gasteiger partial charge in [-0.3, -0.25) is 4.79 Å². The zero-order valence-corrected chi connectivity index (χ0v) is 13.5. The Bertz CT molecular complexity index is 747. The van der Waals surface area contributed by atoms with Gasteiger partial charge in [-0.1, -0.05) is 50.9 Å². The summed E-state index contributed by atoms with van der Waals surface area (Å²) in [6.45, 7) is 0. The van der Waals surface area contributed by atoms with Gasteiger partial charge in [0.05, 0.1) is 6.21 Å². The first-order valence-electron chi connectivity index (χ1n) is 6.17. The predicted octanol–water partition coefficient (Wildman–Crippen LogP) is 3.70. The van der Waals surface area contributed by atoms with E-state index in [0.717, 1.165) is 10.7 Å². The zero-order chi connectivity index (χ0) is 15.9. The van der Waals surface area contributed by atoms with E-state index in [1.165, 1.54) is 0 Å². The van der Waals surface area contributed by atoms with Gasteiger partial charge >= 0.3 is 0 Å². The van der Waals surface area contributed by atoms with Gasteiger partial charge < -0.3 is 5.21 Å². The van der Waals surface area contributed by atoms with Crippen molar-refractivity contribution in [3.05, 3.63) is 69.2 Å². The van der Waals surface area contributed by atoms with E-state index >= 15 is 0 Å². The lowest BCUT2D eigenvalue weighted by Gasteiger charge is -2.04. The van der Waals surface area contributed by atoms with Crippen LogP contribution in [0.25, 0.3) is 0 Å². The van der Waals surface area contributed by atoms with Crippen LogP contribution in [0, 0.1) is 0 Å². The second-order valence-electron chi connectivity index (χ2n) is 4.20. The Morgan fingerprint density at radius 2 is 1.91 bits per heavy atom. The fraction of sp³-hybridized carbons (Fsp3) is 0. The number of hydrazone groups is 1. The molecule has 0 aliphatic heterocycles. The van der Waals surface area contributed by atoms with E-state index in [0.29, 0.717) is 16.1 Å². The molecule has 0 heterocycles. The van der Waals surface area contributed by atoms with Gasteiger partial charge in [0.1, 0.15) is 5.71 Å². The van der Waals surface area contributed by atoms with Crippen LogP contribution in [0.2, 0.25) is 5.02 Å². The van der Waals surface area contributed by atoms with Crippen LogP contribution in [0.15, 0.2) is 63.3 Å². The van der Waals surface area contributed by atoms with Crippen LogP contribution < -0.4 is 5.43 Å². The molecule has 0 unspecified atom stereocenters. The van der Waals surface area contributed by atoms with E-state index < -0.39 is 0 Å². The van der Waals surface area contributed by atoms with Crippen molar-refractivity contribution < 1.29 is 10.0 Å². The first-order chi connectivity index (χ1) is 10.6. The number of hydrogen-bond acceptors (Lipinski definition) is 4. The molecule has 112 valence electrons. The summed E-state index contributed by atoms with van der Waals surface area (Å²) in [5.41, 5.74) is 3.74. The second-order valence-corrected chi connectivity index (χ2v) is 5.56. The minimum atomic E-state index is -0.382. The molecule has 2 aromatic carbocycles. The van der Waals surface area contributed by atoms with Crippen molar-refractivity contribution in [2.45, 2.75) is 0 Å². The number of oxime groups is 1. The van der Waals surface area contributed by atoms with Crippen LogP contribution in [0.1, 0.15) is 15.9 Å². The molecule has 7 heteroatoms. The summed E-state index contributed by atoms with van der Waals surface area (Å²) in [6, 6.07) is 13.7. The minimum absolute atomic E-state index is 0.272. The highest BCUT2D eigenvalue weighted by molar-refractivity contribution is 9.10. The highest BCUT2D eigenvalue weighted by atomic mass is 79.9. The quantitative estimate of drug-likeness (QED) is 0.482. The number of benzene rings is 2. The summed E-state index contributed by atoms with van der Waals surface area (Å²) < 4.78 is 0.788. The number of hydrogen-bond donors (Lipinski definition) is 2. The standard InChI is InChI=1S/C15H11BrClN3O2/c16-12-5-1-4-11(7-12)15(21)20-19-14(9-18-22)10-3-2-6-13(17)8-10/h1-9,22H,(H,20,21). The van der Waals surface area contributed by atoms with Crippen LogP contribution >= 0.6 is 27.5 Å². The molecule has 0 radical (unpaired) electrons. The lowest BCUT2D eigenvalue weighted by molar-refractivity contribution is 0.0955. The molecule has 0 aliphatic rings. The number of rotatable bonds is 4. The maximum atomic E-state index is 12.0. The van der Waals surface area contributed by atoms with Gasteiger partial charge in [0.2, 0.25) is 0 Å². The second kappa shape index (κ2) is 7.72. The Kier molecular flexibility index (Phi) is 5.68. The molecule has 0 bridgehead atoms. The summed E-state index contributed by atoms with van der Waals surface area (Å²) in [5, 5.41) is 16.1. The third kappa shape index (κ3) is 4.41. The lowest BCUT2D eigenvalue weighted by atomic mass is 10.1. The molecule has 0 saturated carbocycles. The van der Waals surface area contributed by atoms with Crippen molar-refractivity contribution in [3.8, 4) is 0 Å². The normalized spacial score (nSPS) is 11.6. The van der Waals surface area contributed by atoms with E-state index in [2.05, 4.69) is 31.6 Å². The van der Waals surface area contributed by atoms with E-state index in [-0.39, 0.29) is 11.6 Å². The SMILES string of the molecule is O=C(NN=C(C=NO)c1cccc(Cl)c1)c1cccc(Br)c1. The molecule has 22 heavy (non-hydrogen) atoms. The number of nitrogens with zero attached hydrogens (tertiary/aromatic N) is 2. The number of amides is 1. The number of halogens is 2. The Morgan fingerprint density at radius 3 is 2.59 bits per heavy atom. The van der Waals surface area contributed by atoms with Crippen molar-refractivity contribution in [2.75, 3.05) is 0 Å². The average Bonchev–Trinajstić information content (AvgIpc) is 2.51. The fourth-order valence-electron chi connectivity index (χ4n) is 1.68. The van der Waals surface area contributed by atoms with Gasteiger partial charge in [0.25, 0.3) is 5.91 Å². The third-order valence-corrected chi connectivity index (χ3v) is 3.39. The lowest BCUT2D eigenvalue weighted by Crippen LogP contribution is -2.20. The predicted molar refractivity (Wildman–Crippen MR) is 89.9 cm³/mol. The molecule has 5 nitrogen and oxygen atoms in total. The molecular formula is C15H11BrClN3O2. The zero-order valence-electron chi connectivity index (χ0n) is 11.2. The Labute approximate surface area is 140 Å². The maximum Gasteiger partial charge on any atom is 0.271 e. The highest BCUT2D eigenvalue weighted by Gasteiger charge is 2.07. The van der Waals surface area contributed by atoms with Gasteiger partial charge in [-0.05, 0) is 30.3 Å². The summed E-state index contributed by atoms with van der Waals surface area (Å²) in [5.74, 6) is -0.382. The highest BCUT2D eigenvalue weighted by Crippen LogP contribution is 2.12. The van der Waals surface area contributed by atoms with Crippen LogP contribution in [0.3, 0.4) is 0 Å². The van der Waals surface area contributed by atoms with Gasteiger partial charge in [0.15, 0.2) is 0 Å². The summed E-state index contributed by atoms with van der Waals surface area (Å²) in [6.07, 6.45) is 1.12. The van der Waals surface area contributed by atoms with E-state index in [1.54, 1.807) is 42.5 Å². The molecule has 2 N–H and O–H groups in total. The number of carbonyl (C=O) groups is 1. The molecule has 1 amide bonds. The Morgan fingerprint density at radius 1 is 1.18 bits per heavy atom. The Hall–Kier alpha value is -2.18. The van der Waals surface area contributed by atoms with Crippen LogP contribution in [0.5, 0.6) is 0 Å². The molecule has 0 atom stereocenters. The van der Waals surface area contributed by atoms with Crippen molar-refractivity contribution in [3.63, 3.8) is 0 Å². The molecule has 0 saturated heterocycles. The fourth-order valence-corrected chi connectivity index (χ4v) is 2.27. The molecular weight excluding hydrogens is 370 g/mol. The first kappa shape index (κ1) is 16.2. The topological polar surface area (TPSA) is 74.0 Å². The average molecular weight is 381 g/mol. The minimum Gasteiger partial charge on any atom is -0.411 e. The smallest absolute Gasteiger partial charge is 0.271 e. The van der Waals surface area contributed by atoms with Gasteiger partial charge in [-0.25, -0.2) is 5.43 Å². The Balaban J connectivity index is 2.22. The molecule has 0 aromatic heterocycles. The summed E-state index contributed by atoms with van der Waals surface area (Å²) >= 11 is 9.21. The largest absolute Gasteiger partial charge is 0.411 e. The maximum absolute atomic E-state index is 12.0. The third-order valence-electron chi connectivity index (χ3n) is 2.67. The monoisotopic (exact) mass is 379 g/mol. The van der Waals surface area contributed by atoms with Gasteiger partial charge in [0, 0.05) is 20.6 Å². The molecule has 2 rings (SSSR count). The number of carbonyl (C=O) groups excluding carboxylic acids is 1. The van der Waals surface area contributed by atoms with E-state index in [1.807, 2.05) is 6.07 Å². The first-order valence-corrected chi connectivity index (χ1v) is 7.34. The van der Waals surface area contributed by atoms with Crippen molar-refractivity contribution in [2.24, 2.45) is 10.3 Å². The molecule has 0 fully saturated rings. The van der Waals surface area contributed by atoms with Gasteiger partial charge in [-0.15, -0.1) is 0 Å². The van der Waals surface area contributed by atoms with Gasteiger partial charge in [-0.2, -0.15) is 5.10 Å². The number of nitrogens with one attached hydrogen (secondary N) is 1. The van der Waals surface area contributed by atoms with Crippen molar-refractivity contribution in [1.82, 2.24) is 5.43 Å².